The second-order valence-electron chi connectivity index (χ2n) is 4.48. The first-order valence-electron chi connectivity index (χ1n) is 6.66. The molecule has 108 valence electrons. The molecule has 0 spiro atoms. The van der Waals surface area contributed by atoms with Crippen LogP contribution in [-0.4, -0.2) is 33.9 Å². The van der Waals surface area contributed by atoms with E-state index in [0.29, 0.717) is 0 Å². The van der Waals surface area contributed by atoms with Gasteiger partial charge in [-0.25, -0.2) is 4.79 Å². The van der Waals surface area contributed by atoms with E-state index < -0.39 is 0 Å². The van der Waals surface area contributed by atoms with Crippen LogP contribution in [0.3, 0.4) is 0 Å². The summed E-state index contributed by atoms with van der Waals surface area (Å²) in [5, 5.41) is 9.99. The Bertz CT molecular complexity index is 405. The van der Waals surface area contributed by atoms with Gasteiger partial charge in [0.25, 0.3) is 0 Å². The van der Waals surface area contributed by atoms with E-state index in [1.54, 1.807) is 6.20 Å². The molecule has 0 saturated heterocycles. The molecule has 5 nitrogen and oxygen atoms in total. The van der Waals surface area contributed by atoms with Crippen LogP contribution >= 0.6 is 11.8 Å². The molecule has 0 bridgehead atoms. The van der Waals surface area contributed by atoms with E-state index in [4.69, 9.17) is 0 Å². The van der Waals surface area contributed by atoms with Crippen LogP contribution in [0, 0.1) is 6.92 Å². The summed E-state index contributed by atoms with van der Waals surface area (Å²) < 4.78 is 1.81. The normalized spacial score (nSPS) is 12.2. The SMILES string of the molecule is CCSCCCNC(=O)N[C@H](C)c1cnn(C)c1C. The van der Waals surface area contributed by atoms with Crippen molar-refractivity contribution in [3.63, 3.8) is 0 Å². The van der Waals surface area contributed by atoms with Crippen LogP contribution in [0.25, 0.3) is 0 Å². The molecule has 1 aromatic heterocycles. The van der Waals surface area contributed by atoms with Gasteiger partial charge < -0.3 is 10.6 Å². The van der Waals surface area contributed by atoms with Crippen LogP contribution in [0.4, 0.5) is 4.79 Å². The summed E-state index contributed by atoms with van der Waals surface area (Å²) in [6, 6.07) is -0.143. The average molecular weight is 284 g/mol. The number of carbonyl (C=O) groups excluding carboxylic acids is 1. The summed E-state index contributed by atoms with van der Waals surface area (Å²) in [5.41, 5.74) is 2.13. The second-order valence-corrected chi connectivity index (χ2v) is 5.88. The Labute approximate surface area is 119 Å². The average Bonchev–Trinajstić information content (AvgIpc) is 2.70. The Balaban J connectivity index is 2.30. The molecule has 2 N–H and O–H groups in total. The van der Waals surface area contributed by atoms with Gasteiger partial charge in [0.05, 0.1) is 12.2 Å². The smallest absolute Gasteiger partial charge is 0.315 e. The van der Waals surface area contributed by atoms with Crippen LogP contribution in [0.1, 0.15) is 37.6 Å². The third kappa shape index (κ3) is 5.14. The molecule has 19 heavy (non-hydrogen) atoms. The van der Waals surface area contributed by atoms with Crippen molar-refractivity contribution in [3.8, 4) is 0 Å². The van der Waals surface area contributed by atoms with Gasteiger partial charge >= 0.3 is 6.03 Å². The highest BCUT2D eigenvalue weighted by molar-refractivity contribution is 7.99. The topological polar surface area (TPSA) is 59.0 Å². The van der Waals surface area contributed by atoms with Gasteiger partial charge in [0.2, 0.25) is 0 Å². The minimum Gasteiger partial charge on any atom is -0.338 e. The monoisotopic (exact) mass is 284 g/mol. The number of nitrogens with one attached hydrogen (secondary N) is 2. The number of amides is 2. The largest absolute Gasteiger partial charge is 0.338 e. The van der Waals surface area contributed by atoms with Crippen molar-refractivity contribution in [1.29, 1.82) is 0 Å². The summed E-state index contributed by atoms with van der Waals surface area (Å²) in [4.78, 5) is 11.7. The molecule has 2 amide bonds. The predicted molar refractivity (Wildman–Crippen MR) is 80.5 cm³/mol. The highest BCUT2D eigenvalue weighted by Gasteiger charge is 2.13. The molecule has 0 saturated carbocycles. The third-order valence-corrected chi connectivity index (χ3v) is 4.03. The van der Waals surface area contributed by atoms with Crippen molar-refractivity contribution >= 4 is 17.8 Å². The van der Waals surface area contributed by atoms with Crippen molar-refractivity contribution in [2.45, 2.75) is 33.2 Å². The Kier molecular flexibility index (Phi) is 6.77. The van der Waals surface area contributed by atoms with Gasteiger partial charge in [-0.05, 0) is 31.8 Å². The van der Waals surface area contributed by atoms with Gasteiger partial charge in [0, 0.05) is 24.8 Å². The number of nitrogens with zero attached hydrogens (tertiary/aromatic N) is 2. The lowest BCUT2D eigenvalue weighted by Crippen LogP contribution is -2.37. The van der Waals surface area contributed by atoms with Crippen LogP contribution < -0.4 is 10.6 Å². The fraction of sp³-hybridized carbons (Fsp3) is 0.692. The van der Waals surface area contributed by atoms with Crippen molar-refractivity contribution in [2.75, 3.05) is 18.1 Å². The van der Waals surface area contributed by atoms with E-state index in [1.165, 1.54) is 0 Å². The number of carbonyl (C=O) groups is 1. The van der Waals surface area contributed by atoms with Crippen molar-refractivity contribution < 1.29 is 4.79 Å². The molecular weight excluding hydrogens is 260 g/mol. The van der Waals surface area contributed by atoms with Gasteiger partial charge in [-0.3, -0.25) is 4.68 Å². The van der Waals surface area contributed by atoms with Crippen LogP contribution in [-0.2, 0) is 7.05 Å². The molecule has 0 radical (unpaired) electrons. The zero-order valence-corrected chi connectivity index (χ0v) is 13.0. The minimum absolute atomic E-state index is 0.0290. The molecule has 0 unspecified atom stereocenters. The lowest BCUT2D eigenvalue weighted by molar-refractivity contribution is 0.238. The molecule has 0 aliphatic heterocycles. The first-order chi connectivity index (χ1) is 9.06. The number of rotatable bonds is 7. The maximum atomic E-state index is 11.7. The molecule has 0 fully saturated rings. The molecule has 0 aliphatic rings. The van der Waals surface area contributed by atoms with Crippen molar-refractivity contribution in [3.05, 3.63) is 17.5 Å². The molecule has 0 aromatic carbocycles. The number of thioether (sulfide) groups is 1. The first kappa shape index (κ1) is 15.9. The summed E-state index contributed by atoms with van der Waals surface area (Å²) in [7, 11) is 1.90. The van der Waals surface area contributed by atoms with Gasteiger partial charge in [0.1, 0.15) is 0 Å². The molecule has 1 atom stereocenters. The standard InChI is InChI=1S/C13H24N4OS/c1-5-19-8-6-7-14-13(18)16-10(2)12-9-15-17(4)11(12)3/h9-10H,5-8H2,1-4H3,(H2,14,16,18)/t10-/m1/s1. The Morgan fingerprint density at radius 3 is 2.89 bits per heavy atom. The van der Waals surface area contributed by atoms with Crippen LogP contribution in [0.5, 0.6) is 0 Å². The third-order valence-electron chi connectivity index (χ3n) is 3.04. The lowest BCUT2D eigenvalue weighted by Gasteiger charge is -2.14. The quantitative estimate of drug-likeness (QED) is 0.755. The van der Waals surface area contributed by atoms with Gasteiger partial charge in [-0.1, -0.05) is 6.92 Å². The fourth-order valence-electron chi connectivity index (χ4n) is 1.79. The maximum Gasteiger partial charge on any atom is 0.315 e. The summed E-state index contributed by atoms with van der Waals surface area (Å²) in [6.45, 7) is 6.83. The van der Waals surface area contributed by atoms with Gasteiger partial charge in [0.15, 0.2) is 0 Å². The van der Waals surface area contributed by atoms with E-state index in [0.717, 1.165) is 35.7 Å². The zero-order chi connectivity index (χ0) is 14.3. The number of aromatic nitrogens is 2. The summed E-state index contributed by atoms with van der Waals surface area (Å²) in [5.74, 6) is 2.22. The van der Waals surface area contributed by atoms with Crippen molar-refractivity contribution in [2.24, 2.45) is 7.05 Å². The van der Waals surface area contributed by atoms with Crippen molar-refractivity contribution in [1.82, 2.24) is 20.4 Å². The van der Waals surface area contributed by atoms with Gasteiger partial charge in [-0.2, -0.15) is 16.9 Å². The Morgan fingerprint density at radius 1 is 1.58 bits per heavy atom. The second kappa shape index (κ2) is 8.09. The van der Waals surface area contributed by atoms with E-state index >= 15 is 0 Å². The number of hydrogen-bond donors (Lipinski definition) is 2. The Morgan fingerprint density at radius 2 is 2.32 bits per heavy atom. The number of aryl methyl sites for hydroxylation is 1. The summed E-state index contributed by atoms with van der Waals surface area (Å²) >= 11 is 1.89. The predicted octanol–water partition coefficient (Wildman–Crippen LogP) is 2.23. The molecule has 1 heterocycles. The lowest BCUT2D eigenvalue weighted by atomic mass is 10.1. The zero-order valence-electron chi connectivity index (χ0n) is 12.2. The first-order valence-corrected chi connectivity index (χ1v) is 7.82. The van der Waals surface area contributed by atoms with E-state index in [-0.39, 0.29) is 12.1 Å². The fourth-order valence-corrected chi connectivity index (χ4v) is 2.42. The number of urea groups is 1. The van der Waals surface area contributed by atoms with Crippen LogP contribution in [0.2, 0.25) is 0 Å². The highest BCUT2D eigenvalue weighted by Crippen LogP contribution is 2.15. The highest BCUT2D eigenvalue weighted by atomic mass is 32.2. The molecule has 6 heteroatoms. The molecule has 1 aromatic rings. The van der Waals surface area contributed by atoms with Gasteiger partial charge in [-0.15, -0.1) is 0 Å². The van der Waals surface area contributed by atoms with Crippen LogP contribution in [0.15, 0.2) is 6.20 Å². The molecule has 1 rings (SSSR count). The minimum atomic E-state index is -0.114. The molecular formula is C13H24N4OS. The van der Waals surface area contributed by atoms with E-state index in [2.05, 4.69) is 22.7 Å². The summed E-state index contributed by atoms with van der Waals surface area (Å²) in [6.07, 6.45) is 2.81. The maximum absolute atomic E-state index is 11.7. The number of hydrogen-bond acceptors (Lipinski definition) is 3. The van der Waals surface area contributed by atoms with E-state index in [9.17, 15) is 4.79 Å². The Hall–Kier alpha value is -1.17. The molecule has 0 aliphatic carbocycles. The van der Waals surface area contributed by atoms with E-state index in [1.807, 2.05) is 37.3 Å².